The van der Waals surface area contributed by atoms with Crippen LogP contribution in [0, 0.1) is 0 Å². The quantitative estimate of drug-likeness (QED) is 0.639. The molecule has 2 aromatic carbocycles. The first-order valence-electron chi connectivity index (χ1n) is 10.6. The Bertz CT molecular complexity index is 1210. The van der Waals surface area contributed by atoms with Gasteiger partial charge in [-0.25, -0.2) is 4.98 Å². The molecule has 172 valence electrons. The molecule has 2 N–H and O–H groups in total. The summed E-state index contributed by atoms with van der Waals surface area (Å²) in [6.45, 7) is 1.87. The lowest BCUT2D eigenvalue weighted by Crippen LogP contribution is -2.43. The molecular formula is C24H22F3N3O3. The topological polar surface area (TPSA) is 77.7 Å². The minimum Gasteiger partial charge on any atom is -0.383 e. The molecule has 0 saturated carbocycles. The number of hydrogen-bond acceptors (Lipinski definition) is 5. The maximum atomic E-state index is 13.5. The van der Waals surface area contributed by atoms with Gasteiger partial charge in [0.1, 0.15) is 5.82 Å². The van der Waals surface area contributed by atoms with E-state index in [-0.39, 0.29) is 24.1 Å². The SMILES string of the molecule is Nc1nc2ccc(C(=O)N3CCOCC3c3ccc(CC(F)(F)F)cc3)cc2c2c1COC2. The number of ether oxygens (including phenoxy) is 2. The Morgan fingerprint density at radius 3 is 2.61 bits per heavy atom. The van der Waals surface area contributed by atoms with Crippen molar-refractivity contribution in [2.24, 2.45) is 0 Å². The number of carbonyl (C=O) groups excluding carboxylic acids is 1. The highest BCUT2D eigenvalue weighted by Gasteiger charge is 2.31. The molecule has 1 saturated heterocycles. The number of pyridine rings is 1. The van der Waals surface area contributed by atoms with E-state index in [0.717, 1.165) is 22.1 Å². The first-order valence-corrected chi connectivity index (χ1v) is 10.6. The third kappa shape index (κ3) is 4.26. The van der Waals surface area contributed by atoms with Crippen LogP contribution >= 0.6 is 0 Å². The first kappa shape index (κ1) is 21.7. The standard InChI is InChI=1S/C24H22F3N3O3/c25-24(26,27)10-14-1-3-15(4-2-14)21-13-32-8-7-30(21)23(31)16-5-6-20-17(9-16)18-11-33-12-19(18)22(28)29-20/h1-6,9,21H,7-8,10-13H2,(H2,28,29). The van der Waals surface area contributed by atoms with Gasteiger partial charge in [-0.15, -0.1) is 0 Å². The molecule has 1 fully saturated rings. The Labute approximate surface area is 188 Å². The van der Waals surface area contributed by atoms with E-state index >= 15 is 0 Å². The van der Waals surface area contributed by atoms with Gasteiger partial charge in [0.25, 0.3) is 5.91 Å². The van der Waals surface area contributed by atoms with Gasteiger partial charge in [0.05, 0.1) is 44.4 Å². The van der Waals surface area contributed by atoms with E-state index in [1.807, 2.05) is 6.07 Å². The van der Waals surface area contributed by atoms with Gasteiger partial charge in [-0.3, -0.25) is 4.79 Å². The monoisotopic (exact) mass is 457 g/mol. The normalized spacial score (nSPS) is 18.5. The first-order chi connectivity index (χ1) is 15.8. The lowest BCUT2D eigenvalue weighted by molar-refractivity contribution is -0.127. The van der Waals surface area contributed by atoms with Gasteiger partial charge in [-0.1, -0.05) is 24.3 Å². The number of carbonyl (C=O) groups is 1. The summed E-state index contributed by atoms with van der Waals surface area (Å²) in [4.78, 5) is 19.6. The van der Waals surface area contributed by atoms with Crippen molar-refractivity contribution in [2.45, 2.75) is 31.9 Å². The number of nitrogens with two attached hydrogens (primary N) is 1. The molecule has 2 aliphatic rings. The molecule has 0 spiro atoms. The molecule has 3 aromatic rings. The van der Waals surface area contributed by atoms with E-state index in [9.17, 15) is 18.0 Å². The summed E-state index contributed by atoms with van der Waals surface area (Å²) in [5.41, 5.74) is 9.96. The fourth-order valence-electron chi connectivity index (χ4n) is 4.48. The Morgan fingerprint density at radius 1 is 1.09 bits per heavy atom. The second kappa shape index (κ2) is 8.31. The van der Waals surface area contributed by atoms with Crippen LogP contribution in [0.4, 0.5) is 19.0 Å². The molecule has 2 aliphatic heterocycles. The van der Waals surface area contributed by atoms with E-state index in [2.05, 4.69) is 4.98 Å². The fourth-order valence-corrected chi connectivity index (χ4v) is 4.48. The average molecular weight is 457 g/mol. The number of amides is 1. The number of halogens is 3. The highest BCUT2D eigenvalue weighted by atomic mass is 19.4. The summed E-state index contributed by atoms with van der Waals surface area (Å²) in [5.74, 6) is 0.269. The number of hydrogen-bond donors (Lipinski definition) is 1. The van der Waals surface area contributed by atoms with Crippen molar-refractivity contribution in [3.05, 3.63) is 70.3 Å². The molecule has 1 amide bonds. The summed E-state index contributed by atoms with van der Waals surface area (Å²) >= 11 is 0. The highest BCUT2D eigenvalue weighted by molar-refractivity contribution is 5.99. The predicted molar refractivity (Wildman–Crippen MR) is 115 cm³/mol. The van der Waals surface area contributed by atoms with Gasteiger partial charge in [0.15, 0.2) is 0 Å². The van der Waals surface area contributed by atoms with Crippen LogP contribution < -0.4 is 5.73 Å². The van der Waals surface area contributed by atoms with E-state index in [1.165, 1.54) is 12.1 Å². The Hall–Kier alpha value is -3.17. The van der Waals surface area contributed by atoms with Crippen LogP contribution in [-0.2, 0) is 29.1 Å². The fraction of sp³-hybridized carbons (Fsp3) is 0.333. The largest absolute Gasteiger partial charge is 0.393 e. The van der Waals surface area contributed by atoms with Gasteiger partial charge in [-0.2, -0.15) is 13.2 Å². The third-order valence-corrected chi connectivity index (χ3v) is 6.13. The number of anilines is 1. The van der Waals surface area contributed by atoms with Gasteiger partial charge in [0.2, 0.25) is 0 Å². The van der Waals surface area contributed by atoms with Crippen molar-refractivity contribution >= 4 is 22.6 Å². The van der Waals surface area contributed by atoms with Crippen LogP contribution in [-0.4, -0.2) is 41.7 Å². The van der Waals surface area contributed by atoms with Gasteiger partial charge in [-0.05, 0) is 34.9 Å². The van der Waals surface area contributed by atoms with Crippen LogP contribution in [0.3, 0.4) is 0 Å². The maximum absolute atomic E-state index is 13.5. The molecule has 3 heterocycles. The minimum atomic E-state index is -4.27. The Balaban J connectivity index is 1.44. The van der Waals surface area contributed by atoms with Gasteiger partial charge >= 0.3 is 6.18 Å². The lowest BCUT2D eigenvalue weighted by atomic mass is 9.99. The van der Waals surface area contributed by atoms with Crippen molar-refractivity contribution in [1.82, 2.24) is 9.88 Å². The second-order valence-corrected chi connectivity index (χ2v) is 8.30. The minimum absolute atomic E-state index is 0.172. The Morgan fingerprint density at radius 2 is 1.85 bits per heavy atom. The zero-order chi connectivity index (χ0) is 23.2. The van der Waals surface area contributed by atoms with E-state index < -0.39 is 12.6 Å². The van der Waals surface area contributed by atoms with Crippen LogP contribution in [0.2, 0.25) is 0 Å². The third-order valence-electron chi connectivity index (χ3n) is 6.13. The smallest absolute Gasteiger partial charge is 0.383 e. The number of rotatable bonds is 3. The Kier molecular flexibility index (Phi) is 5.46. The van der Waals surface area contributed by atoms with Crippen LogP contribution in [0.15, 0.2) is 42.5 Å². The van der Waals surface area contributed by atoms with Crippen LogP contribution in [0.5, 0.6) is 0 Å². The van der Waals surface area contributed by atoms with Crippen molar-refractivity contribution in [3.8, 4) is 0 Å². The van der Waals surface area contributed by atoms with E-state index in [1.54, 1.807) is 29.2 Å². The molecule has 5 rings (SSSR count). The summed E-state index contributed by atoms with van der Waals surface area (Å²) in [5, 5.41) is 0.837. The molecule has 6 nitrogen and oxygen atoms in total. The summed E-state index contributed by atoms with van der Waals surface area (Å²) in [7, 11) is 0. The zero-order valence-electron chi connectivity index (χ0n) is 17.7. The highest BCUT2D eigenvalue weighted by Crippen LogP contribution is 2.33. The molecule has 0 radical (unpaired) electrons. The molecular weight excluding hydrogens is 435 g/mol. The van der Waals surface area contributed by atoms with Gasteiger partial charge in [0, 0.05) is 23.1 Å². The number of nitrogens with zero attached hydrogens (tertiary/aromatic N) is 2. The molecule has 0 bridgehead atoms. The number of fused-ring (bicyclic) bond motifs is 3. The van der Waals surface area contributed by atoms with Gasteiger partial charge < -0.3 is 20.1 Å². The van der Waals surface area contributed by atoms with Crippen LogP contribution in [0.25, 0.3) is 10.9 Å². The van der Waals surface area contributed by atoms with E-state index in [0.29, 0.717) is 43.3 Å². The number of benzene rings is 2. The molecule has 9 heteroatoms. The molecule has 0 aliphatic carbocycles. The molecule has 1 aromatic heterocycles. The van der Waals surface area contributed by atoms with Crippen LogP contribution in [0.1, 0.15) is 38.7 Å². The zero-order valence-corrected chi connectivity index (χ0v) is 17.7. The molecule has 1 atom stereocenters. The maximum Gasteiger partial charge on any atom is 0.393 e. The summed E-state index contributed by atoms with van der Waals surface area (Å²) in [6.07, 6.45) is -5.25. The van der Waals surface area contributed by atoms with Crippen molar-refractivity contribution in [1.29, 1.82) is 0 Å². The average Bonchev–Trinajstić information content (AvgIpc) is 3.29. The molecule has 1 unspecified atom stereocenters. The molecule has 33 heavy (non-hydrogen) atoms. The number of morpholine rings is 1. The number of nitrogen functional groups attached to an aromatic ring is 1. The number of aromatic nitrogens is 1. The number of alkyl halides is 3. The summed E-state index contributed by atoms with van der Waals surface area (Å²) in [6, 6.07) is 11.1. The predicted octanol–water partition coefficient (Wildman–Crippen LogP) is 4.17. The van der Waals surface area contributed by atoms with E-state index in [4.69, 9.17) is 15.2 Å². The van der Waals surface area contributed by atoms with Crippen molar-refractivity contribution < 1.29 is 27.4 Å². The summed E-state index contributed by atoms with van der Waals surface area (Å²) < 4.78 is 49.2. The lowest BCUT2D eigenvalue weighted by Gasteiger charge is -2.36. The van der Waals surface area contributed by atoms with Crippen molar-refractivity contribution in [3.63, 3.8) is 0 Å². The second-order valence-electron chi connectivity index (χ2n) is 8.30. The van der Waals surface area contributed by atoms with Crippen molar-refractivity contribution in [2.75, 3.05) is 25.5 Å².